The number of nitrogens with two attached hydrogens (primary N) is 1. The minimum atomic E-state index is 0.357. The monoisotopic (exact) mass is 262 g/mol. The van der Waals surface area contributed by atoms with Crippen LogP contribution in [0.3, 0.4) is 0 Å². The van der Waals surface area contributed by atoms with Gasteiger partial charge in [0.25, 0.3) is 0 Å². The third-order valence-corrected chi connectivity index (χ3v) is 2.62. The van der Waals surface area contributed by atoms with E-state index in [1.165, 1.54) is 0 Å². The molecule has 0 atom stereocenters. The first-order chi connectivity index (χ1) is 8.66. The highest BCUT2D eigenvalue weighted by Gasteiger charge is 2.05. The lowest BCUT2D eigenvalue weighted by Crippen LogP contribution is -2.15. The van der Waals surface area contributed by atoms with Crippen molar-refractivity contribution in [2.24, 2.45) is 12.8 Å². The number of aryl methyl sites for hydroxylation is 1. The predicted octanol–water partition coefficient (Wildman–Crippen LogP) is 0.499. The maximum absolute atomic E-state index is 5.64. The van der Waals surface area contributed by atoms with Gasteiger partial charge in [0.15, 0.2) is 5.82 Å². The van der Waals surface area contributed by atoms with E-state index in [0.717, 1.165) is 23.5 Å². The smallest absolute Gasteiger partial charge is 0.152 e. The summed E-state index contributed by atoms with van der Waals surface area (Å²) in [5.74, 6) is 0.797. The van der Waals surface area contributed by atoms with Crippen LogP contribution in [0.1, 0.15) is 11.4 Å². The normalized spacial score (nSPS) is 10.3. The Balaban J connectivity index is 1.96. The summed E-state index contributed by atoms with van der Waals surface area (Å²) < 4.78 is 1.68. The van der Waals surface area contributed by atoms with Crippen molar-refractivity contribution < 1.29 is 0 Å². The van der Waals surface area contributed by atoms with Gasteiger partial charge in [-0.25, -0.2) is 4.98 Å². The number of anilines is 1. The number of aromatic nitrogens is 4. The number of rotatable bonds is 5. The fraction of sp³-hybridized carbons (Fsp3) is 0.273. The second kappa shape index (κ2) is 5.54. The van der Waals surface area contributed by atoms with Gasteiger partial charge in [-0.05, 0) is 6.07 Å². The van der Waals surface area contributed by atoms with Crippen LogP contribution in [0.25, 0.3) is 0 Å². The van der Waals surface area contributed by atoms with Crippen LogP contribution in [0.2, 0.25) is 0 Å². The molecular formula is C11H14N6S. The van der Waals surface area contributed by atoms with Gasteiger partial charge in [0.1, 0.15) is 11.3 Å². The highest BCUT2D eigenvalue weighted by Crippen LogP contribution is 2.12. The summed E-state index contributed by atoms with van der Waals surface area (Å²) in [4.78, 5) is 8.55. The van der Waals surface area contributed by atoms with E-state index in [2.05, 4.69) is 20.4 Å². The van der Waals surface area contributed by atoms with Crippen LogP contribution >= 0.6 is 12.2 Å². The molecule has 2 aromatic heterocycles. The van der Waals surface area contributed by atoms with Crippen LogP contribution < -0.4 is 11.1 Å². The van der Waals surface area contributed by atoms with Gasteiger partial charge in [0.05, 0.1) is 11.9 Å². The summed E-state index contributed by atoms with van der Waals surface area (Å²) in [5.41, 5.74) is 7.27. The average Bonchev–Trinajstić information content (AvgIpc) is 2.75. The molecule has 7 heteroatoms. The van der Waals surface area contributed by atoms with Crippen molar-refractivity contribution in [1.82, 2.24) is 19.7 Å². The predicted molar refractivity (Wildman–Crippen MR) is 73.3 cm³/mol. The van der Waals surface area contributed by atoms with Gasteiger partial charge in [-0.15, -0.1) is 0 Å². The molecule has 0 saturated carbocycles. The third-order valence-electron chi connectivity index (χ3n) is 2.40. The molecule has 0 amide bonds. The van der Waals surface area contributed by atoms with Crippen LogP contribution in [-0.4, -0.2) is 31.3 Å². The Bertz CT molecular complexity index is 550. The zero-order valence-corrected chi connectivity index (χ0v) is 10.8. The van der Waals surface area contributed by atoms with Gasteiger partial charge in [-0.3, -0.25) is 9.67 Å². The lowest BCUT2D eigenvalue weighted by atomic mass is 10.2. The summed E-state index contributed by atoms with van der Waals surface area (Å²) in [6.45, 7) is 0.700. The Labute approximate surface area is 110 Å². The second-order valence-corrected chi connectivity index (χ2v) is 4.24. The van der Waals surface area contributed by atoms with Crippen molar-refractivity contribution in [2.75, 3.05) is 11.9 Å². The molecule has 0 aliphatic carbocycles. The zero-order valence-electron chi connectivity index (χ0n) is 10.00. The van der Waals surface area contributed by atoms with E-state index >= 15 is 0 Å². The van der Waals surface area contributed by atoms with Crippen molar-refractivity contribution in [3.63, 3.8) is 0 Å². The molecule has 3 N–H and O–H groups in total. The van der Waals surface area contributed by atoms with E-state index in [1.807, 2.05) is 7.05 Å². The number of thiocarbonyl (C=S) groups is 1. The summed E-state index contributed by atoms with van der Waals surface area (Å²) in [6, 6.07) is 1.80. The Morgan fingerprint density at radius 1 is 1.56 bits per heavy atom. The molecule has 6 nitrogen and oxygen atoms in total. The van der Waals surface area contributed by atoms with Crippen LogP contribution in [-0.2, 0) is 13.5 Å². The molecule has 18 heavy (non-hydrogen) atoms. The average molecular weight is 262 g/mol. The summed E-state index contributed by atoms with van der Waals surface area (Å²) >= 11 is 4.98. The van der Waals surface area contributed by atoms with E-state index in [4.69, 9.17) is 18.0 Å². The number of hydrogen-bond donors (Lipinski definition) is 2. The van der Waals surface area contributed by atoms with Gasteiger partial charge >= 0.3 is 0 Å². The fourth-order valence-electron chi connectivity index (χ4n) is 1.56. The minimum absolute atomic E-state index is 0.357. The lowest BCUT2D eigenvalue weighted by Gasteiger charge is -2.09. The lowest BCUT2D eigenvalue weighted by molar-refractivity contribution is 0.742. The molecule has 0 unspecified atom stereocenters. The standard InChI is InChI=1S/C11H14N6S/c1-17-7-15-10(16-17)3-5-14-9-6-13-4-2-8(9)11(12)18/h2,4,6-7,14H,3,5H2,1H3,(H2,12,18). The van der Waals surface area contributed by atoms with Crippen molar-refractivity contribution in [1.29, 1.82) is 0 Å². The molecule has 0 aromatic carbocycles. The van der Waals surface area contributed by atoms with Crippen molar-refractivity contribution in [3.8, 4) is 0 Å². The Kier molecular flexibility index (Phi) is 3.83. The van der Waals surface area contributed by atoms with Gasteiger partial charge < -0.3 is 11.1 Å². The first-order valence-electron chi connectivity index (χ1n) is 5.49. The largest absolute Gasteiger partial charge is 0.389 e. The highest BCUT2D eigenvalue weighted by atomic mass is 32.1. The molecule has 2 aromatic rings. The molecule has 2 heterocycles. The molecule has 0 fully saturated rings. The van der Waals surface area contributed by atoms with E-state index in [9.17, 15) is 0 Å². The van der Waals surface area contributed by atoms with Crippen molar-refractivity contribution in [2.45, 2.75) is 6.42 Å². The maximum atomic E-state index is 5.64. The van der Waals surface area contributed by atoms with Crippen LogP contribution in [0.5, 0.6) is 0 Å². The zero-order chi connectivity index (χ0) is 13.0. The number of hydrogen-bond acceptors (Lipinski definition) is 5. The van der Waals surface area contributed by atoms with Crippen LogP contribution in [0.15, 0.2) is 24.8 Å². The number of nitrogens with one attached hydrogen (secondary N) is 1. The van der Waals surface area contributed by atoms with Gasteiger partial charge in [0.2, 0.25) is 0 Å². The molecule has 0 radical (unpaired) electrons. The third kappa shape index (κ3) is 3.01. The van der Waals surface area contributed by atoms with Crippen LogP contribution in [0, 0.1) is 0 Å². The highest BCUT2D eigenvalue weighted by molar-refractivity contribution is 7.80. The number of pyridine rings is 1. The molecule has 0 saturated heterocycles. The molecule has 94 valence electrons. The molecular weight excluding hydrogens is 248 g/mol. The van der Waals surface area contributed by atoms with Crippen molar-refractivity contribution >= 4 is 22.9 Å². The van der Waals surface area contributed by atoms with E-state index in [1.54, 1.807) is 29.5 Å². The minimum Gasteiger partial charge on any atom is -0.389 e. The van der Waals surface area contributed by atoms with Crippen molar-refractivity contribution in [3.05, 3.63) is 36.2 Å². The van der Waals surface area contributed by atoms with Gasteiger partial charge in [-0.1, -0.05) is 12.2 Å². The van der Waals surface area contributed by atoms with E-state index in [-0.39, 0.29) is 0 Å². The fourth-order valence-corrected chi connectivity index (χ4v) is 1.74. The molecule has 0 bridgehead atoms. The second-order valence-electron chi connectivity index (χ2n) is 3.80. The quantitative estimate of drug-likeness (QED) is 0.764. The molecule has 0 aliphatic rings. The summed E-state index contributed by atoms with van der Waals surface area (Å²) in [6.07, 6.45) is 5.78. The van der Waals surface area contributed by atoms with Gasteiger partial charge in [-0.2, -0.15) is 5.10 Å². The topological polar surface area (TPSA) is 81.7 Å². The Morgan fingerprint density at radius 2 is 2.39 bits per heavy atom. The molecule has 2 rings (SSSR count). The van der Waals surface area contributed by atoms with E-state index < -0.39 is 0 Å². The first kappa shape index (κ1) is 12.4. The molecule has 0 aliphatic heterocycles. The summed E-state index contributed by atoms with van der Waals surface area (Å²) in [5, 5.41) is 7.43. The first-order valence-corrected chi connectivity index (χ1v) is 5.90. The van der Waals surface area contributed by atoms with Gasteiger partial charge in [0, 0.05) is 31.8 Å². The maximum Gasteiger partial charge on any atom is 0.152 e. The van der Waals surface area contributed by atoms with E-state index in [0.29, 0.717) is 11.5 Å². The van der Waals surface area contributed by atoms with Crippen LogP contribution in [0.4, 0.5) is 5.69 Å². The Hall–Kier alpha value is -2.02. The number of nitrogens with zero attached hydrogens (tertiary/aromatic N) is 4. The Morgan fingerprint density at radius 3 is 3.06 bits per heavy atom. The summed E-state index contributed by atoms with van der Waals surface area (Å²) in [7, 11) is 1.84. The SMILES string of the molecule is Cn1cnc(CCNc2cnccc2C(N)=S)n1. The molecule has 0 spiro atoms.